The second-order valence-corrected chi connectivity index (χ2v) is 5.77. The van der Waals surface area contributed by atoms with Crippen LogP contribution in [0.1, 0.15) is 42.4 Å². The lowest BCUT2D eigenvalue weighted by molar-refractivity contribution is -0.123. The molecule has 0 spiro atoms. The van der Waals surface area contributed by atoms with Crippen molar-refractivity contribution in [3.05, 3.63) is 15.6 Å². The quantitative estimate of drug-likeness (QED) is 0.842. The first-order valence-corrected chi connectivity index (χ1v) is 6.07. The number of aromatic nitrogens is 1. The van der Waals surface area contributed by atoms with E-state index in [4.69, 9.17) is 5.73 Å². The second-order valence-electron chi connectivity index (χ2n) is 4.54. The number of carbonyl (C=O) groups excluding carboxylic acids is 1. The molecular weight excluding hydrogens is 222 g/mol. The Morgan fingerprint density at radius 1 is 1.50 bits per heavy atom. The maximum Gasteiger partial charge on any atom is 0.237 e. The van der Waals surface area contributed by atoms with Crippen molar-refractivity contribution in [1.82, 2.24) is 10.3 Å². The Bertz CT molecular complexity index is 398. The van der Waals surface area contributed by atoms with Gasteiger partial charge >= 0.3 is 0 Å². The van der Waals surface area contributed by atoms with E-state index in [2.05, 4.69) is 10.3 Å². The molecule has 0 saturated heterocycles. The van der Waals surface area contributed by atoms with Crippen LogP contribution >= 0.6 is 11.3 Å². The van der Waals surface area contributed by atoms with Crippen LogP contribution in [-0.2, 0) is 4.79 Å². The zero-order valence-corrected chi connectivity index (χ0v) is 11.2. The summed E-state index contributed by atoms with van der Waals surface area (Å²) < 4.78 is 0. The van der Waals surface area contributed by atoms with Crippen LogP contribution in [0, 0.1) is 13.8 Å². The van der Waals surface area contributed by atoms with Crippen molar-refractivity contribution in [1.29, 1.82) is 0 Å². The van der Waals surface area contributed by atoms with Gasteiger partial charge in [0.2, 0.25) is 5.91 Å². The lowest BCUT2D eigenvalue weighted by atomic mass is 10.0. The Hall–Kier alpha value is -0.940. The van der Waals surface area contributed by atoms with E-state index >= 15 is 0 Å². The zero-order chi connectivity index (χ0) is 12.5. The Morgan fingerprint density at radius 2 is 2.06 bits per heavy atom. The van der Waals surface area contributed by atoms with Crippen LogP contribution in [0.4, 0.5) is 0 Å². The molecule has 0 aromatic carbocycles. The molecule has 4 nitrogen and oxygen atoms in total. The van der Waals surface area contributed by atoms with Crippen LogP contribution in [0.15, 0.2) is 0 Å². The molecule has 90 valence electrons. The first-order valence-electron chi connectivity index (χ1n) is 5.25. The minimum absolute atomic E-state index is 0.0775. The van der Waals surface area contributed by atoms with E-state index in [1.807, 2.05) is 20.8 Å². The summed E-state index contributed by atoms with van der Waals surface area (Å²) >= 11 is 1.65. The first-order chi connectivity index (χ1) is 7.24. The molecule has 1 heterocycles. The zero-order valence-electron chi connectivity index (χ0n) is 10.4. The predicted octanol–water partition coefficient (Wildman–Crippen LogP) is 1.67. The molecule has 3 N–H and O–H groups in total. The molecule has 0 aliphatic carbocycles. The van der Waals surface area contributed by atoms with Gasteiger partial charge < -0.3 is 5.73 Å². The van der Waals surface area contributed by atoms with Gasteiger partial charge in [-0.3, -0.25) is 10.1 Å². The number of amides is 1. The number of nitrogens with zero attached hydrogens (tertiary/aromatic N) is 1. The van der Waals surface area contributed by atoms with Gasteiger partial charge in [-0.15, -0.1) is 11.3 Å². The van der Waals surface area contributed by atoms with Crippen molar-refractivity contribution in [3.63, 3.8) is 0 Å². The SMILES string of the molecule is Cc1nc(C)c(C(C)NC(C)(C)C(N)=O)s1. The first kappa shape index (κ1) is 13.1. The van der Waals surface area contributed by atoms with E-state index in [-0.39, 0.29) is 11.9 Å². The number of aryl methyl sites for hydroxylation is 2. The second kappa shape index (κ2) is 4.51. The molecule has 1 aromatic heterocycles. The molecule has 0 aliphatic heterocycles. The number of thiazole rings is 1. The van der Waals surface area contributed by atoms with Crippen molar-refractivity contribution in [2.75, 3.05) is 0 Å². The van der Waals surface area contributed by atoms with Gasteiger partial charge in [0.1, 0.15) is 0 Å². The fraction of sp³-hybridized carbons (Fsp3) is 0.636. The number of nitrogens with one attached hydrogen (secondary N) is 1. The van der Waals surface area contributed by atoms with E-state index in [1.165, 1.54) is 0 Å². The third kappa shape index (κ3) is 2.80. The van der Waals surface area contributed by atoms with Gasteiger partial charge in [0.05, 0.1) is 16.2 Å². The highest BCUT2D eigenvalue weighted by atomic mass is 32.1. The summed E-state index contributed by atoms with van der Waals surface area (Å²) in [5, 5.41) is 4.26. The Labute approximate surface area is 100 Å². The van der Waals surface area contributed by atoms with Crippen LogP contribution in [0.2, 0.25) is 0 Å². The lowest BCUT2D eigenvalue weighted by Crippen LogP contribution is -2.51. The molecule has 1 atom stereocenters. The van der Waals surface area contributed by atoms with Gasteiger partial charge in [-0.2, -0.15) is 0 Å². The topological polar surface area (TPSA) is 68.0 Å². The molecular formula is C11H19N3OS. The number of primary amides is 1. The monoisotopic (exact) mass is 241 g/mol. The summed E-state index contributed by atoms with van der Waals surface area (Å²) in [7, 11) is 0. The third-order valence-electron chi connectivity index (χ3n) is 2.53. The molecule has 0 radical (unpaired) electrons. The molecule has 16 heavy (non-hydrogen) atoms. The van der Waals surface area contributed by atoms with E-state index < -0.39 is 5.54 Å². The number of nitrogens with two attached hydrogens (primary N) is 1. The number of hydrogen-bond acceptors (Lipinski definition) is 4. The van der Waals surface area contributed by atoms with Crippen LogP contribution in [0.25, 0.3) is 0 Å². The summed E-state index contributed by atoms with van der Waals surface area (Å²) in [5.74, 6) is -0.349. The highest BCUT2D eigenvalue weighted by molar-refractivity contribution is 7.11. The lowest BCUT2D eigenvalue weighted by Gasteiger charge is -2.26. The van der Waals surface area contributed by atoms with E-state index in [1.54, 1.807) is 25.2 Å². The summed E-state index contributed by atoms with van der Waals surface area (Å²) in [6, 6.07) is 0.0775. The summed E-state index contributed by atoms with van der Waals surface area (Å²) in [5.41, 5.74) is 5.64. The van der Waals surface area contributed by atoms with Crippen LogP contribution in [-0.4, -0.2) is 16.4 Å². The Morgan fingerprint density at radius 3 is 2.44 bits per heavy atom. The summed E-state index contributed by atoms with van der Waals surface area (Å²) in [4.78, 5) is 16.8. The van der Waals surface area contributed by atoms with Gasteiger partial charge in [-0.25, -0.2) is 4.98 Å². The fourth-order valence-electron chi connectivity index (χ4n) is 1.63. The van der Waals surface area contributed by atoms with Crippen molar-refractivity contribution in [2.45, 2.75) is 46.2 Å². The molecule has 1 unspecified atom stereocenters. The van der Waals surface area contributed by atoms with Crippen LogP contribution in [0.5, 0.6) is 0 Å². The molecule has 1 rings (SSSR count). The normalized spacial score (nSPS) is 13.8. The minimum Gasteiger partial charge on any atom is -0.368 e. The smallest absolute Gasteiger partial charge is 0.237 e. The van der Waals surface area contributed by atoms with Crippen LogP contribution < -0.4 is 11.1 Å². The Kier molecular flexibility index (Phi) is 3.70. The standard InChI is InChI=1S/C11H19N3OS/c1-6-9(16-8(3)13-6)7(2)14-11(4,5)10(12)15/h7,14H,1-5H3,(H2,12,15). The molecule has 0 bridgehead atoms. The van der Waals surface area contributed by atoms with Crippen molar-refractivity contribution < 1.29 is 4.79 Å². The predicted molar refractivity (Wildman–Crippen MR) is 66.4 cm³/mol. The highest BCUT2D eigenvalue weighted by Gasteiger charge is 2.28. The molecule has 0 saturated carbocycles. The van der Waals surface area contributed by atoms with Gasteiger partial charge in [0.25, 0.3) is 0 Å². The molecule has 0 fully saturated rings. The number of rotatable bonds is 4. The van der Waals surface area contributed by atoms with Gasteiger partial charge in [-0.05, 0) is 34.6 Å². The minimum atomic E-state index is -0.705. The summed E-state index contributed by atoms with van der Waals surface area (Å²) in [6.07, 6.45) is 0. The van der Waals surface area contributed by atoms with E-state index in [0.717, 1.165) is 15.6 Å². The maximum atomic E-state index is 11.2. The number of carbonyl (C=O) groups is 1. The van der Waals surface area contributed by atoms with Gasteiger partial charge in [-0.1, -0.05) is 0 Å². The molecule has 0 aliphatic rings. The molecule has 1 aromatic rings. The number of hydrogen-bond donors (Lipinski definition) is 2. The van der Waals surface area contributed by atoms with Gasteiger partial charge in [0, 0.05) is 10.9 Å². The fourth-order valence-corrected chi connectivity index (χ4v) is 2.56. The van der Waals surface area contributed by atoms with E-state index in [9.17, 15) is 4.79 Å². The maximum absolute atomic E-state index is 11.2. The largest absolute Gasteiger partial charge is 0.368 e. The molecule has 5 heteroatoms. The average molecular weight is 241 g/mol. The third-order valence-corrected chi connectivity index (χ3v) is 3.78. The Balaban J connectivity index is 2.84. The van der Waals surface area contributed by atoms with Crippen LogP contribution in [0.3, 0.4) is 0 Å². The summed E-state index contributed by atoms with van der Waals surface area (Å²) in [6.45, 7) is 9.55. The molecule has 1 amide bonds. The van der Waals surface area contributed by atoms with Gasteiger partial charge in [0.15, 0.2) is 0 Å². The highest BCUT2D eigenvalue weighted by Crippen LogP contribution is 2.25. The van der Waals surface area contributed by atoms with Crippen molar-refractivity contribution in [3.8, 4) is 0 Å². The van der Waals surface area contributed by atoms with Crippen molar-refractivity contribution >= 4 is 17.2 Å². The van der Waals surface area contributed by atoms with E-state index in [0.29, 0.717) is 0 Å². The van der Waals surface area contributed by atoms with Crippen molar-refractivity contribution in [2.24, 2.45) is 5.73 Å². The average Bonchev–Trinajstić information content (AvgIpc) is 2.44.